The first-order chi connectivity index (χ1) is 8.56. The predicted octanol–water partition coefficient (Wildman–Crippen LogP) is 1.57. The summed E-state index contributed by atoms with van der Waals surface area (Å²) >= 11 is 0. The third-order valence-corrected chi connectivity index (χ3v) is 5.06. The van der Waals surface area contributed by atoms with E-state index >= 15 is 0 Å². The predicted molar refractivity (Wildman–Crippen MR) is 69.0 cm³/mol. The van der Waals surface area contributed by atoms with E-state index < -0.39 is 10.1 Å². The van der Waals surface area contributed by atoms with E-state index in [-0.39, 0.29) is 18.5 Å². The molecule has 5 nitrogen and oxygen atoms in total. The fourth-order valence-corrected chi connectivity index (χ4v) is 3.41. The summed E-state index contributed by atoms with van der Waals surface area (Å²) < 4.78 is 38.7. The molecule has 1 rings (SSSR count). The summed E-state index contributed by atoms with van der Waals surface area (Å²) in [5, 5.41) is -0.326. The lowest BCUT2D eigenvalue weighted by Gasteiger charge is -2.25. The van der Waals surface area contributed by atoms with Gasteiger partial charge in [-0.2, -0.15) is 8.42 Å². The van der Waals surface area contributed by atoms with Crippen LogP contribution < -0.4 is 0 Å². The second kappa shape index (κ2) is 8.09. The Labute approximate surface area is 110 Å². The van der Waals surface area contributed by atoms with Gasteiger partial charge in [-0.05, 0) is 31.6 Å². The first-order valence-electron chi connectivity index (χ1n) is 6.51. The molecule has 0 aromatic rings. The highest BCUT2D eigenvalue weighted by atomic mass is 32.2. The third kappa shape index (κ3) is 5.65. The molecule has 1 aliphatic carbocycles. The summed E-state index contributed by atoms with van der Waals surface area (Å²) in [4.78, 5) is 0. The Morgan fingerprint density at radius 2 is 1.61 bits per heavy atom. The van der Waals surface area contributed by atoms with Crippen molar-refractivity contribution in [2.24, 2.45) is 5.92 Å². The molecule has 0 N–H and O–H groups in total. The summed E-state index contributed by atoms with van der Waals surface area (Å²) in [6, 6.07) is 0. The van der Waals surface area contributed by atoms with Crippen molar-refractivity contribution in [1.29, 1.82) is 0 Å². The minimum absolute atomic E-state index is 0.0953. The van der Waals surface area contributed by atoms with Gasteiger partial charge in [0.1, 0.15) is 0 Å². The smallest absolute Gasteiger partial charge is 0.270 e. The molecule has 1 fully saturated rings. The van der Waals surface area contributed by atoms with E-state index in [0.29, 0.717) is 32.0 Å². The fraction of sp³-hybridized carbons (Fsp3) is 1.00. The molecular formula is C12H24O5S. The van der Waals surface area contributed by atoms with Crippen LogP contribution in [0.2, 0.25) is 0 Å². The van der Waals surface area contributed by atoms with Gasteiger partial charge in [0.15, 0.2) is 0 Å². The van der Waals surface area contributed by atoms with Gasteiger partial charge in [-0.15, -0.1) is 0 Å². The molecular weight excluding hydrogens is 256 g/mol. The third-order valence-electron chi connectivity index (χ3n) is 3.28. The van der Waals surface area contributed by atoms with Crippen molar-refractivity contribution in [2.75, 3.05) is 33.5 Å². The molecule has 18 heavy (non-hydrogen) atoms. The Morgan fingerprint density at radius 3 is 2.22 bits per heavy atom. The zero-order valence-corrected chi connectivity index (χ0v) is 12.1. The first kappa shape index (κ1) is 15.9. The summed E-state index contributed by atoms with van der Waals surface area (Å²) in [5.41, 5.74) is 0. The maximum atomic E-state index is 11.9. The van der Waals surface area contributed by atoms with E-state index in [2.05, 4.69) is 6.92 Å². The summed E-state index contributed by atoms with van der Waals surface area (Å²) in [6.07, 6.45) is 3.37. The van der Waals surface area contributed by atoms with Gasteiger partial charge in [0, 0.05) is 7.11 Å². The highest BCUT2D eigenvalue weighted by molar-refractivity contribution is 7.87. The topological polar surface area (TPSA) is 61.8 Å². The average Bonchev–Trinajstić information content (AvgIpc) is 2.34. The normalized spacial score (nSPS) is 25.2. The van der Waals surface area contributed by atoms with Gasteiger partial charge in [0.2, 0.25) is 0 Å². The Morgan fingerprint density at radius 1 is 1.00 bits per heavy atom. The first-order valence-corrected chi connectivity index (χ1v) is 7.98. The number of hydrogen-bond acceptors (Lipinski definition) is 5. The Balaban J connectivity index is 2.19. The van der Waals surface area contributed by atoms with Crippen molar-refractivity contribution < 1.29 is 22.1 Å². The monoisotopic (exact) mass is 280 g/mol. The molecule has 0 saturated heterocycles. The molecule has 6 heteroatoms. The maximum Gasteiger partial charge on any atom is 0.270 e. The zero-order valence-electron chi connectivity index (χ0n) is 11.3. The minimum Gasteiger partial charge on any atom is -0.382 e. The fourth-order valence-electron chi connectivity index (χ4n) is 2.07. The Kier molecular flexibility index (Phi) is 7.14. The van der Waals surface area contributed by atoms with Crippen molar-refractivity contribution in [3.05, 3.63) is 0 Å². The number of rotatable bonds is 8. The molecule has 0 heterocycles. The van der Waals surface area contributed by atoms with Crippen LogP contribution >= 0.6 is 0 Å². The Hall–Kier alpha value is -0.170. The van der Waals surface area contributed by atoms with E-state index in [1.165, 1.54) is 0 Å². The summed E-state index contributed by atoms with van der Waals surface area (Å²) in [5.74, 6) is 0.633. The zero-order chi connectivity index (χ0) is 13.4. The summed E-state index contributed by atoms with van der Waals surface area (Å²) in [6.45, 7) is 3.51. The molecule has 0 aliphatic heterocycles. The van der Waals surface area contributed by atoms with E-state index in [0.717, 1.165) is 12.8 Å². The van der Waals surface area contributed by atoms with Crippen LogP contribution in [0.1, 0.15) is 32.6 Å². The van der Waals surface area contributed by atoms with Gasteiger partial charge in [0.25, 0.3) is 10.1 Å². The number of ether oxygens (including phenoxy) is 2. The molecule has 1 saturated carbocycles. The quantitative estimate of drug-likeness (QED) is 0.499. The second-order valence-corrected chi connectivity index (χ2v) is 6.69. The van der Waals surface area contributed by atoms with Gasteiger partial charge in [-0.25, -0.2) is 0 Å². The Bertz CT molecular complexity index is 306. The highest BCUT2D eigenvalue weighted by Gasteiger charge is 2.30. The van der Waals surface area contributed by atoms with Crippen molar-refractivity contribution in [3.8, 4) is 0 Å². The van der Waals surface area contributed by atoms with Crippen molar-refractivity contribution in [2.45, 2.75) is 37.9 Å². The average molecular weight is 280 g/mol. The van der Waals surface area contributed by atoms with E-state index in [4.69, 9.17) is 13.7 Å². The molecule has 1 aliphatic rings. The molecule has 0 aromatic heterocycles. The van der Waals surface area contributed by atoms with Crippen molar-refractivity contribution >= 4 is 10.1 Å². The molecule has 0 amide bonds. The van der Waals surface area contributed by atoms with Crippen LogP contribution in [0.3, 0.4) is 0 Å². The number of methoxy groups -OCH3 is 1. The van der Waals surface area contributed by atoms with Crippen LogP contribution in [0.4, 0.5) is 0 Å². The molecule has 0 spiro atoms. The van der Waals surface area contributed by atoms with Crippen LogP contribution in [-0.4, -0.2) is 47.2 Å². The highest BCUT2D eigenvalue weighted by Crippen LogP contribution is 2.28. The lowest BCUT2D eigenvalue weighted by molar-refractivity contribution is 0.0551. The molecule has 0 aromatic carbocycles. The van der Waals surface area contributed by atoms with Crippen LogP contribution in [0.15, 0.2) is 0 Å². The van der Waals surface area contributed by atoms with Gasteiger partial charge < -0.3 is 9.47 Å². The van der Waals surface area contributed by atoms with Crippen molar-refractivity contribution in [1.82, 2.24) is 0 Å². The molecule has 0 bridgehead atoms. The largest absolute Gasteiger partial charge is 0.382 e. The van der Waals surface area contributed by atoms with Crippen molar-refractivity contribution in [3.63, 3.8) is 0 Å². The molecule has 0 unspecified atom stereocenters. The molecule has 0 atom stereocenters. The maximum absolute atomic E-state index is 11.9. The lowest BCUT2D eigenvalue weighted by atomic mass is 9.91. The number of hydrogen-bond donors (Lipinski definition) is 0. The van der Waals surface area contributed by atoms with Crippen LogP contribution in [0.5, 0.6) is 0 Å². The van der Waals surface area contributed by atoms with E-state index in [9.17, 15) is 8.42 Å². The van der Waals surface area contributed by atoms with E-state index in [1.54, 1.807) is 7.11 Å². The lowest BCUT2D eigenvalue weighted by Crippen LogP contribution is -2.29. The standard InChI is InChI=1S/C12H24O5S/c1-11-3-5-12(6-4-11)18(13,14)17-10-9-16-8-7-15-2/h11-12H,3-10H2,1-2H3. The van der Waals surface area contributed by atoms with E-state index in [1.807, 2.05) is 0 Å². The van der Waals surface area contributed by atoms with Crippen LogP contribution in [0, 0.1) is 5.92 Å². The van der Waals surface area contributed by atoms with Gasteiger partial charge >= 0.3 is 0 Å². The van der Waals surface area contributed by atoms with Gasteiger partial charge in [-0.1, -0.05) is 6.92 Å². The van der Waals surface area contributed by atoms with Crippen LogP contribution in [0.25, 0.3) is 0 Å². The van der Waals surface area contributed by atoms with Gasteiger partial charge in [0.05, 0.1) is 31.7 Å². The minimum atomic E-state index is -3.41. The van der Waals surface area contributed by atoms with Gasteiger partial charge in [-0.3, -0.25) is 4.18 Å². The second-order valence-electron chi connectivity index (χ2n) is 4.80. The summed E-state index contributed by atoms with van der Waals surface area (Å²) in [7, 11) is -1.82. The molecule has 0 radical (unpaired) electrons. The van der Waals surface area contributed by atoms with Crippen LogP contribution in [-0.2, 0) is 23.8 Å². The molecule has 108 valence electrons. The SMILES string of the molecule is COCCOCCOS(=O)(=O)C1CCC(C)CC1.